The van der Waals surface area contributed by atoms with E-state index >= 15 is 0 Å². The molecule has 8 heteroatoms. The smallest absolute Gasteiger partial charge is 0.311 e. The Balaban J connectivity index is 1.81. The Morgan fingerprint density at radius 1 is 1.30 bits per heavy atom. The van der Waals surface area contributed by atoms with Crippen LogP contribution in [0.2, 0.25) is 0 Å². The summed E-state index contributed by atoms with van der Waals surface area (Å²) < 4.78 is 28.7. The lowest BCUT2D eigenvalue weighted by molar-refractivity contribution is 0.0668. The molecule has 1 saturated heterocycles. The summed E-state index contributed by atoms with van der Waals surface area (Å²) in [6.07, 6.45) is 0.446. The molecule has 0 saturated carbocycles. The number of carbonyl (C=O) groups is 1. The highest BCUT2D eigenvalue weighted by atomic mass is 32.2. The molecule has 0 aliphatic carbocycles. The maximum Gasteiger partial charge on any atom is 0.311 e. The number of hydrogen-bond donors (Lipinski definition) is 0. The highest BCUT2D eigenvalue weighted by Crippen LogP contribution is 2.21. The predicted molar refractivity (Wildman–Crippen MR) is 83.5 cm³/mol. The Labute approximate surface area is 134 Å². The lowest BCUT2D eigenvalue weighted by atomic mass is 10.2. The lowest BCUT2D eigenvalue weighted by Crippen LogP contribution is -2.41. The van der Waals surface area contributed by atoms with Crippen molar-refractivity contribution in [3.63, 3.8) is 0 Å². The summed E-state index contributed by atoms with van der Waals surface area (Å²) >= 11 is 0. The summed E-state index contributed by atoms with van der Waals surface area (Å²) in [5.41, 5.74) is 0.727. The number of nitrogens with zero attached hydrogens (tertiary/aromatic N) is 3. The van der Waals surface area contributed by atoms with Gasteiger partial charge in [0.1, 0.15) is 0 Å². The quantitative estimate of drug-likeness (QED) is 0.838. The second kappa shape index (κ2) is 6.11. The van der Waals surface area contributed by atoms with Crippen LogP contribution in [0.4, 0.5) is 0 Å². The fraction of sp³-hybridized carbons (Fsp3) is 0.400. The third-order valence-electron chi connectivity index (χ3n) is 3.88. The van der Waals surface area contributed by atoms with Crippen molar-refractivity contribution >= 4 is 15.7 Å². The zero-order chi connectivity index (χ0) is 16.4. The normalized spacial score (nSPS) is 19.6. The molecular formula is C15H17N3O4S. The molecule has 23 heavy (non-hydrogen) atoms. The van der Waals surface area contributed by atoms with Crippen molar-refractivity contribution in [1.29, 1.82) is 0 Å². The standard InChI is InChI=1S/C15H17N3O4S/c1-2-18(12-8-9-23(20,21)10-12)15(19)14-17-16-13(22-14)11-6-4-3-5-7-11/h3-7,12H,2,8-10H2,1H3. The number of carbonyl (C=O) groups excluding carboxylic acids is 1. The van der Waals surface area contributed by atoms with Crippen LogP contribution in [-0.4, -0.2) is 53.5 Å². The van der Waals surface area contributed by atoms with E-state index in [0.717, 1.165) is 5.56 Å². The molecule has 0 radical (unpaired) electrons. The highest BCUT2D eigenvalue weighted by molar-refractivity contribution is 7.91. The van der Waals surface area contributed by atoms with Gasteiger partial charge in [-0.3, -0.25) is 4.79 Å². The van der Waals surface area contributed by atoms with E-state index in [4.69, 9.17) is 4.42 Å². The lowest BCUT2D eigenvalue weighted by Gasteiger charge is -2.25. The fourth-order valence-corrected chi connectivity index (χ4v) is 4.45. The van der Waals surface area contributed by atoms with Crippen LogP contribution >= 0.6 is 0 Å². The van der Waals surface area contributed by atoms with Crippen LogP contribution in [0.3, 0.4) is 0 Å². The third kappa shape index (κ3) is 3.26. The molecule has 2 heterocycles. The minimum atomic E-state index is -3.06. The van der Waals surface area contributed by atoms with Gasteiger partial charge in [-0.25, -0.2) is 8.42 Å². The maximum atomic E-state index is 12.6. The van der Waals surface area contributed by atoms with E-state index in [1.54, 1.807) is 6.92 Å². The van der Waals surface area contributed by atoms with Gasteiger partial charge in [0.25, 0.3) is 0 Å². The van der Waals surface area contributed by atoms with Crippen LogP contribution in [-0.2, 0) is 9.84 Å². The van der Waals surface area contributed by atoms with Gasteiger partial charge in [0.2, 0.25) is 5.89 Å². The van der Waals surface area contributed by atoms with E-state index < -0.39 is 15.7 Å². The largest absolute Gasteiger partial charge is 0.412 e. The summed E-state index contributed by atoms with van der Waals surface area (Å²) in [5.74, 6) is -0.171. The first kappa shape index (κ1) is 15.7. The molecule has 1 aromatic heterocycles. The fourth-order valence-electron chi connectivity index (χ4n) is 2.72. The van der Waals surface area contributed by atoms with Crippen LogP contribution in [0, 0.1) is 0 Å². The van der Waals surface area contributed by atoms with Crippen molar-refractivity contribution in [2.75, 3.05) is 18.1 Å². The third-order valence-corrected chi connectivity index (χ3v) is 5.63. The molecule has 2 aromatic rings. The molecule has 1 atom stereocenters. The van der Waals surface area contributed by atoms with Crippen molar-refractivity contribution in [2.45, 2.75) is 19.4 Å². The summed E-state index contributed by atoms with van der Waals surface area (Å²) in [7, 11) is -3.06. The molecule has 0 spiro atoms. The maximum absolute atomic E-state index is 12.6. The Kier molecular flexibility index (Phi) is 4.16. The highest BCUT2D eigenvalue weighted by Gasteiger charge is 2.35. The zero-order valence-electron chi connectivity index (χ0n) is 12.7. The van der Waals surface area contributed by atoms with Crippen molar-refractivity contribution in [3.8, 4) is 11.5 Å². The number of aromatic nitrogens is 2. The predicted octanol–water partition coefficient (Wildman–Crippen LogP) is 1.39. The second-order valence-corrected chi connectivity index (χ2v) is 7.66. The number of hydrogen-bond acceptors (Lipinski definition) is 6. The number of amides is 1. The molecule has 122 valence electrons. The molecule has 7 nitrogen and oxygen atoms in total. The summed E-state index contributed by atoms with van der Waals surface area (Å²) in [5, 5.41) is 7.71. The molecule has 1 aliphatic heterocycles. The van der Waals surface area contributed by atoms with Gasteiger partial charge in [-0.1, -0.05) is 18.2 Å². The molecule has 0 bridgehead atoms. The van der Waals surface area contributed by atoms with Crippen LogP contribution in [0.5, 0.6) is 0 Å². The summed E-state index contributed by atoms with van der Waals surface area (Å²) in [4.78, 5) is 14.0. The van der Waals surface area contributed by atoms with Gasteiger partial charge in [-0.2, -0.15) is 0 Å². The number of benzene rings is 1. The first-order chi connectivity index (χ1) is 11.0. The Morgan fingerprint density at radius 3 is 2.65 bits per heavy atom. The first-order valence-electron chi connectivity index (χ1n) is 7.40. The van der Waals surface area contributed by atoms with E-state index in [0.29, 0.717) is 13.0 Å². The Bertz CT molecular complexity index is 801. The van der Waals surface area contributed by atoms with E-state index in [1.807, 2.05) is 30.3 Å². The Morgan fingerprint density at radius 2 is 2.04 bits per heavy atom. The molecule has 0 N–H and O–H groups in total. The number of rotatable bonds is 4. The minimum absolute atomic E-state index is 0.00768. The molecule has 1 aliphatic rings. The van der Waals surface area contributed by atoms with Gasteiger partial charge in [0, 0.05) is 18.2 Å². The summed E-state index contributed by atoms with van der Waals surface area (Å²) in [6, 6.07) is 8.83. The molecule has 1 amide bonds. The van der Waals surface area contributed by atoms with Crippen LogP contribution in [0.25, 0.3) is 11.5 Å². The zero-order valence-corrected chi connectivity index (χ0v) is 13.5. The Hall–Kier alpha value is -2.22. The van der Waals surface area contributed by atoms with Gasteiger partial charge >= 0.3 is 11.8 Å². The molecule has 3 rings (SSSR count). The van der Waals surface area contributed by atoms with Crippen molar-refractivity contribution in [2.24, 2.45) is 0 Å². The van der Waals surface area contributed by atoms with Crippen molar-refractivity contribution < 1.29 is 17.6 Å². The van der Waals surface area contributed by atoms with Crippen LogP contribution in [0.15, 0.2) is 34.7 Å². The van der Waals surface area contributed by atoms with Crippen LogP contribution in [0.1, 0.15) is 24.0 Å². The van der Waals surface area contributed by atoms with E-state index in [9.17, 15) is 13.2 Å². The average Bonchev–Trinajstić information content (AvgIpc) is 3.16. The van der Waals surface area contributed by atoms with Crippen molar-refractivity contribution in [3.05, 3.63) is 36.2 Å². The SMILES string of the molecule is CCN(C(=O)c1nnc(-c2ccccc2)o1)C1CCS(=O)(=O)C1. The van der Waals surface area contributed by atoms with Gasteiger partial charge in [-0.15, -0.1) is 10.2 Å². The monoisotopic (exact) mass is 335 g/mol. The molecule has 1 aromatic carbocycles. The topological polar surface area (TPSA) is 93.4 Å². The van der Waals surface area contributed by atoms with E-state index in [-0.39, 0.29) is 29.3 Å². The van der Waals surface area contributed by atoms with Gasteiger partial charge in [0.15, 0.2) is 9.84 Å². The summed E-state index contributed by atoms with van der Waals surface area (Å²) in [6.45, 7) is 2.19. The van der Waals surface area contributed by atoms with Crippen molar-refractivity contribution in [1.82, 2.24) is 15.1 Å². The molecular weight excluding hydrogens is 318 g/mol. The number of sulfone groups is 1. The van der Waals surface area contributed by atoms with Gasteiger partial charge < -0.3 is 9.32 Å². The average molecular weight is 335 g/mol. The second-order valence-electron chi connectivity index (χ2n) is 5.43. The van der Waals surface area contributed by atoms with E-state index in [2.05, 4.69) is 10.2 Å². The first-order valence-corrected chi connectivity index (χ1v) is 9.22. The van der Waals surface area contributed by atoms with E-state index in [1.165, 1.54) is 4.90 Å². The molecule has 1 unspecified atom stereocenters. The van der Waals surface area contributed by atoms with Crippen LogP contribution < -0.4 is 0 Å². The van der Waals surface area contributed by atoms with Gasteiger partial charge in [0.05, 0.1) is 11.5 Å². The van der Waals surface area contributed by atoms with Gasteiger partial charge in [-0.05, 0) is 25.5 Å². The molecule has 1 fully saturated rings. The minimum Gasteiger partial charge on any atom is -0.412 e.